The molecule has 3 rings (SSSR count). The Morgan fingerprint density at radius 3 is 2.10 bits per heavy atom. The van der Waals surface area contributed by atoms with Crippen LogP contribution in [-0.4, -0.2) is 25.1 Å². The molecule has 0 bridgehead atoms. The van der Waals surface area contributed by atoms with Crippen molar-refractivity contribution in [1.29, 1.82) is 0 Å². The summed E-state index contributed by atoms with van der Waals surface area (Å²) >= 11 is 0. The fraction of sp³-hybridized carbons (Fsp3) is 0.350. The van der Waals surface area contributed by atoms with Gasteiger partial charge >= 0.3 is 12.4 Å². The van der Waals surface area contributed by atoms with Crippen molar-refractivity contribution in [2.75, 3.05) is 13.2 Å². The molecule has 162 valence electrons. The van der Waals surface area contributed by atoms with Gasteiger partial charge in [-0.2, -0.15) is 26.3 Å². The SMILES string of the molecule is O=C1CN[C@H](c2ccccc2)[C@H](COCc2cc(C(F)(F)F)cc(C(F)(F)F)c2)N1. The molecule has 1 saturated heterocycles. The van der Waals surface area contributed by atoms with Crippen LogP contribution in [0, 0.1) is 0 Å². The summed E-state index contributed by atoms with van der Waals surface area (Å²) in [6, 6.07) is 9.60. The Labute approximate surface area is 168 Å². The van der Waals surface area contributed by atoms with Gasteiger partial charge in [-0.3, -0.25) is 10.1 Å². The predicted octanol–water partition coefficient (Wildman–Crippen LogP) is 4.07. The minimum atomic E-state index is -4.92. The Kier molecular flexibility index (Phi) is 6.37. The highest BCUT2D eigenvalue weighted by Gasteiger charge is 2.37. The number of ether oxygens (including phenoxy) is 1. The normalized spacial score (nSPS) is 20.1. The Balaban J connectivity index is 1.73. The zero-order chi connectivity index (χ0) is 21.9. The van der Waals surface area contributed by atoms with Crippen molar-refractivity contribution < 1.29 is 35.9 Å². The van der Waals surface area contributed by atoms with Gasteiger partial charge in [0.2, 0.25) is 5.91 Å². The van der Waals surface area contributed by atoms with Crippen LogP contribution in [-0.2, 0) is 28.5 Å². The molecule has 0 spiro atoms. The maximum atomic E-state index is 13.0. The van der Waals surface area contributed by atoms with E-state index >= 15 is 0 Å². The first kappa shape index (κ1) is 22.1. The van der Waals surface area contributed by atoms with E-state index in [4.69, 9.17) is 4.74 Å². The number of rotatable bonds is 5. The smallest absolute Gasteiger partial charge is 0.375 e. The van der Waals surface area contributed by atoms with E-state index in [0.717, 1.165) is 5.56 Å². The lowest BCUT2D eigenvalue weighted by molar-refractivity contribution is -0.143. The third-order valence-corrected chi connectivity index (χ3v) is 4.60. The van der Waals surface area contributed by atoms with E-state index in [0.29, 0.717) is 12.1 Å². The lowest BCUT2D eigenvalue weighted by Gasteiger charge is -2.33. The van der Waals surface area contributed by atoms with Crippen molar-refractivity contribution in [3.05, 3.63) is 70.8 Å². The molecule has 0 unspecified atom stereocenters. The summed E-state index contributed by atoms with van der Waals surface area (Å²) < 4.78 is 83.2. The Morgan fingerprint density at radius 1 is 0.933 bits per heavy atom. The largest absolute Gasteiger partial charge is 0.416 e. The monoisotopic (exact) mass is 432 g/mol. The fourth-order valence-electron chi connectivity index (χ4n) is 3.24. The van der Waals surface area contributed by atoms with Crippen LogP contribution < -0.4 is 10.6 Å². The molecule has 30 heavy (non-hydrogen) atoms. The Morgan fingerprint density at radius 2 is 1.53 bits per heavy atom. The topological polar surface area (TPSA) is 50.4 Å². The van der Waals surface area contributed by atoms with Gasteiger partial charge in [0.05, 0.1) is 43.0 Å². The summed E-state index contributed by atoms with van der Waals surface area (Å²) in [4.78, 5) is 11.7. The lowest BCUT2D eigenvalue weighted by atomic mass is 9.98. The molecule has 0 saturated carbocycles. The quantitative estimate of drug-likeness (QED) is 0.701. The molecular formula is C20H18F6N2O2. The molecule has 1 fully saturated rings. The molecule has 2 aromatic rings. The molecule has 2 aromatic carbocycles. The molecule has 1 heterocycles. The van der Waals surface area contributed by atoms with Crippen LogP contribution in [0.3, 0.4) is 0 Å². The van der Waals surface area contributed by atoms with Gasteiger partial charge in [-0.05, 0) is 29.3 Å². The summed E-state index contributed by atoms with van der Waals surface area (Å²) in [5.41, 5.74) is -2.19. The number of nitrogens with one attached hydrogen (secondary N) is 2. The molecule has 4 nitrogen and oxygen atoms in total. The van der Waals surface area contributed by atoms with Crippen molar-refractivity contribution in [3.8, 4) is 0 Å². The number of piperazine rings is 1. The average molecular weight is 432 g/mol. The van der Waals surface area contributed by atoms with Crippen molar-refractivity contribution in [3.63, 3.8) is 0 Å². The first-order chi connectivity index (χ1) is 14.0. The van der Waals surface area contributed by atoms with Crippen LogP contribution in [0.1, 0.15) is 28.3 Å². The van der Waals surface area contributed by atoms with E-state index in [-0.39, 0.29) is 36.7 Å². The first-order valence-electron chi connectivity index (χ1n) is 8.98. The number of hydrogen-bond acceptors (Lipinski definition) is 3. The van der Waals surface area contributed by atoms with Crippen molar-refractivity contribution in [1.82, 2.24) is 10.6 Å². The van der Waals surface area contributed by atoms with Gasteiger partial charge in [0, 0.05) is 0 Å². The predicted molar refractivity (Wildman–Crippen MR) is 95.2 cm³/mol. The van der Waals surface area contributed by atoms with E-state index in [1.165, 1.54) is 0 Å². The van der Waals surface area contributed by atoms with Crippen molar-refractivity contribution in [2.45, 2.75) is 31.0 Å². The standard InChI is InChI=1S/C20H18F6N2O2/c21-19(22,23)14-6-12(7-15(8-14)20(24,25)26)10-30-11-16-18(27-9-17(29)28-16)13-4-2-1-3-5-13/h1-8,16,18,27H,9-11H2,(H,28,29)/t16-,18+/m0/s1. The average Bonchev–Trinajstić information content (AvgIpc) is 2.67. The third-order valence-electron chi connectivity index (χ3n) is 4.60. The van der Waals surface area contributed by atoms with Gasteiger partial charge in [-0.15, -0.1) is 0 Å². The summed E-state index contributed by atoms with van der Waals surface area (Å²) in [6.45, 7) is -0.491. The highest BCUT2D eigenvalue weighted by Crippen LogP contribution is 2.36. The molecule has 2 atom stereocenters. The Bertz CT molecular complexity index is 851. The number of carbonyl (C=O) groups is 1. The molecule has 1 aliphatic rings. The van der Waals surface area contributed by atoms with Gasteiger partial charge in [0.1, 0.15) is 0 Å². The second-order valence-corrected chi connectivity index (χ2v) is 6.87. The second kappa shape index (κ2) is 8.65. The van der Waals surface area contributed by atoms with Crippen LogP contribution >= 0.6 is 0 Å². The zero-order valence-electron chi connectivity index (χ0n) is 15.5. The summed E-state index contributed by atoms with van der Waals surface area (Å²) in [5, 5.41) is 5.79. The second-order valence-electron chi connectivity index (χ2n) is 6.87. The minimum absolute atomic E-state index is 0.0697. The van der Waals surface area contributed by atoms with Crippen molar-refractivity contribution >= 4 is 5.91 Å². The maximum absolute atomic E-state index is 13.0. The summed E-state index contributed by atoms with van der Waals surface area (Å²) in [7, 11) is 0. The maximum Gasteiger partial charge on any atom is 0.416 e. The number of halogens is 6. The van der Waals surface area contributed by atoms with Gasteiger partial charge < -0.3 is 10.1 Å². The van der Waals surface area contributed by atoms with Crippen LogP contribution in [0.25, 0.3) is 0 Å². The summed E-state index contributed by atoms with van der Waals surface area (Å²) in [5.74, 6) is -0.283. The Hall–Kier alpha value is -2.59. The lowest BCUT2D eigenvalue weighted by Crippen LogP contribution is -2.55. The van der Waals surface area contributed by atoms with Crippen LogP contribution in [0.4, 0.5) is 26.3 Å². The molecular weight excluding hydrogens is 414 g/mol. The zero-order valence-corrected chi connectivity index (χ0v) is 15.5. The van der Waals surface area contributed by atoms with Gasteiger partial charge in [0.25, 0.3) is 0 Å². The first-order valence-corrected chi connectivity index (χ1v) is 8.98. The van der Waals surface area contributed by atoms with E-state index in [9.17, 15) is 31.1 Å². The molecule has 0 aliphatic carbocycles. The number of alkyl halides is 6. The van der Waals surface area contributed by atoms with Crippen LogP contribution in [0.2, 0.25) is 0 Å². The van der Waals surface area contributed by atoms with Gasteiger partial charge in [-0.25, -0.2) is 0 Å². The van der Waals surface area contributed by atoms with E-state index in [2.05, 4.69) is 10.6 Å². The highest BCUT2D eigenvalue weighted by molar-refractivity contribution is 5.79. The molecule has 10 heteroatoms. The van der Waals surface area contributed by atoms with Crippen LogP contribution in [0.5, 0.6) is 0 Å². The molecule has 0 radical (unpaired) electrons. The number of hydrogen-bond donors (Lipinski definition) is 2. The van der Waals surface area contributed by atoms with E-state index in [1.54, 1.807) is 0 Å². The number of carbonyl (C=O) groups excluding carboxylic acids is 1. The minimum Gasteiger partial charge on any atom is -0.375 e. The van der Waals surface area contributed by atoms with Crippen LogP contribution in [0.15, 0.2) is 48.5 Å². The number of benzene rings is 2. The van der Waals surface area contributed by atoms with Crippen molar-refractivity contribution in [2.24, 2.45) is 0 Å². The van der Waals surface area contributed by atoms with E-state index < -0.39 is 36.1 Å². The number of amides is 1. The van der Waals surface area contributed by atoms with Gasteiger partial charge in [-0.1, -0.05) is 30.3 Å². The third kappa shape index (κ3) is 5.51. The molecule has 0 aromatic heterocycles. The fourth-order valence-corrected chi connectivity index (χ4v) is 3.24. The molecule has 2 N–H and O–H groups in total. The van der Waals surface area contributed by atoms with E-state index in [1.807, 2.05) is 30.3 Å². The molecule has 1 amide bonds. The summed E-state index contributed by atoms with van der Waals surface area (Å²) in [6.07, 6.45) is -9.84. The van der Waals surface area contributed by atoms with Gasteiger partial charge in [0.15, 0.2) is 0 Å². The molecule has 1 aliphatic heterocycles. The highest BCUT2D eigenvalue weighted by atomic mass is 19.4.